The van der Waals surface area contributed by atoms with Gasteiger partial charge in [0.25, 0.3) is 0 Å². The predicted octanol–water partition coefficient (Wildman–Crippen LogP) is 1.35. The fourth-order valence-corrected chi connectivity index (χ4v) is 3.42. The number of carboxylic acids is 1. The molecule has 1 rings (SSSR count). The van der Waals surface area contributed by atoms with Crippen molar-refractivity contribution >= 4 is 16.0 Å². The first-order valence-corrected chi connectivity index (χ1v) is 8.21. The molecular weight excluding hydrogens is 292 g/mol. The molecule has 0 aromatic heterocycles. The number of hydrogen-bond donors (Lipinski definition) is 1. The van der Waals surface area contributed by atoms with Crippen molar-refractivity contribution in [1.82, 2.24) is 9.21 Å². The fraction of sp³-hybridized carbons (Fsp3) is 0.500. The van der Waals surface area contributed by atoms with Crippen LogP contribution in [0.1, 0.15) is 23.7 Å². The summed E-state index contributed by atoms with van der Waals surface area (Å²) in [5.74, 6) is -1.07. The quantitative estimate of drug-likeness (QED) is 0.783. The Kier molecular flexibility index (Phi) is 6.32. The van der Waals surface area contributed by atoms with Crippen LogP contribution in [0.15, 0.2) is 29.2 Å². The molecule has 0 saturated carbocycles. The van der Waals surface area contributed by atoms with Crippen LogP contribution in [0.2, 0.25) is 0 Å². The first kappa shape index (κ1) is 17.6. The lowest BCUT2D eigenvalue weighted by molar-refractivity contribution is 0.0696. The van der Waals surface area contributed by atoms with Crippen LogP contribution < -0.4 is 0 Å². The number of aromatic carboxylic acids is 1. The molecule has 0 heterocycles. The maximum atomic E-state index is 12.5. The van der Waals surface area contributed by atoms with E-state index in [-0.39, 0.29) is 10.5 Å². The van der Waals surface area contributed by atoms with E-state index in [0.29, 0.717) is 13.1 Å². The van der Waals surface area contributed by atoms with E-state index in [9.17, 15) is 13.2 Å². The average molecular weight is 314 g/mol. The highest BCUT2D eigenvalue weighted by Gasteiger charge is 2.22. The van der Waals surface area contributed by atoms with Crippen molar-refractivity contribution in [2.75, 3.05) is 33.7 Å². The Balaban J connectivity index is 2.88. The van der Waals surface area contributed by atoms with Crippen LogP contribution in [-0.4, -0.2) is 62.4 Å². The smallest absolute Gasteiger partial charge is 0.335 e. The summed E-state index contributed by atoms with van der Waals surface area (Å²) in [4.78, 5) is 12.9. The normalized spacial score (nSPS) is 12.0. The second kappa shape index (κ2) is 7.53. The Morgan fingerprint density at radius 2 is 1.71 bits per heavy atom. The van der Waals surface area contributed by atoms with Gasteiger partial charge in [0.05, 0.1) is 10.5 Å². The molecule has 0 amide bonds. The van der Waals surface area contributed by atoms with Crippen LogP contribution >= 0.6 is 0 Å². The zero-order valence-corrected chi connectivity index (χ0v) is 13.4. The monoisotopic (exact) mass is 314 g/mol. The van der Waals surface area contributed by atoms with Gasteiger partial charge >= 0.3 is 5.97 Å². The van der Waals surface area contributed by atoms with Gasteiger partial charge in [0.15, 0.2) is 0 Å². The molecule has 1 N–H and O–H groups in total. The zero-order valence-electron chi connectivity index (χ0n) is 12.6. The molecule has 0 aliphatic rings. The van der Waals surface area contributed by atoms with E-state index in [1.165, 1.54) is 28.6 Å². The van der Waals surface area contributed by atoms with Gasteiger partial charge in [-0.1, -0.05) is 6.92 Å². The molecule has 0 aliphatic heterocycles. The van der Waals surface area contributed by atoms with E-state index in [1.54, 1.807) is 6.92 Å². The van der Waals surface area contributed by atoms with Gasteiger partial charge in [-0.15, -0.1) is 0 Å². The molecular formula is C14H22N2O4S. The number of hydrogen-bond acceptors (Lipinski definition) is 4. The van der Waals surface area contributed by atoms with E-state index in [2.05, 4.69) is 0 Å². The highest BCUT2D eigenvalue weighted by Crippen LogP contribution is 2.16. The van der Waals surface area contributed by atoms with Gasteiger partial charge in [-0.2, -0.15) is 4.31 Å². The maximum absolute atomic E-state index is 12.5. The van der Waals surface area contributed by atoms with Crippen LogP contribution in [0.3, 0.4) is 0 Å². The lowest BCUT2D eigenvalue weighted by Gasteiger charge is -2.21. The molecule has 0 aliphatic carbocycles. The minimum absolute atomic E-state index is 0.0737. The van der Waals surface area contributed by atoms with Crippen molar-refractivity contribution in [3.05, 3.63) is 29.8 Å². The topological polar surface area (TPSA) is 77.9 Å². The maximum Gasteiger partial charge on any atom is 0.335 e. The Bertz CT molecular complexity index is 567. The molecule has 0 unspecified atom stereocenters. The average Bonchev–Trinajstić information content (AvgIpc) is 2.43. The third-order valence-corrected chi connectivity index (χ3v) is 5.09. The first-order chi connectivity index (χ1) is 9.78. The highest BCUT2D eigenvalue weighted by molar-refractivity contribution is 7.89. The van der Waals surface area contributed by atoms with Gasteiger partial charge < -0.3 is 10.0 Å². The first-order valence-electron chi connectivity index (χ1n) is 6.77. The van der Waals surface area contributed by atoms with Crippen LogP contribution in [0, 0.1) is 0 Å². The van der Waals surface area contributed by atoms with Crippen LogP contribution in [0.4, 0.5) is 0 Å². The number of carboxylic acid groups (broad SMARTS) is 1. The Hall–Kier alpha value is -1.44. The van der Waals surface area contributed by atoms with E-state index in [1.807, 2.05) is 19.0 Å². The fourth-order valence-electron chi connectivity index (χ4n) is 1.93. The van der Waals surface area contributed by atoms with Crippen molar-refractivity contribution < 1.29 is 18.3 Å². The third kappa shape index (κ3) is 4.80. The number of benzene rings is 1. The molecule has 118 valence electrons. The molecule has 0 spiro atoms. The summed E-state index contributed by atoms with van der Waals surface area (Å²) < 4.78 is 26.4. The SMILES string of the molecule is CCN(CCCN(C)C)S(=O)(=O)c1ccc(C(=O)O)cc1. The molecule has 7 heteroatoms. The summed E-state index contributed by atoms with van der Waals surface area (Å²) in [6.07, 6.45) is 0.743. The zero-order chi connectivity index (χ0) is 16.0. The summed E-state index contributed by atoms with van der Waals surface area (Å²) in [7, 11) is 0.310. The molecule has 0 bridgehead atoms. The summed E-state index contributed by atoms with van der Waals surface area (Å²) in [5, 5.41) is 8.84. The summed E-state index contributed by atoms with van der Waals surface area (Å²) in [6.45, 7) is 3.43. The molecule has 0 atom stereocenters. The number of sulfonamides is 1. The summed E-state index contributed by atoms with van der Waals surface area (Å²) in [5.41, 5.74) is 0.0737. The summed E-state index contributed by atoms with van der Waals surface area (Å²) >= 11 is 0. The molecule has 21 heavy (non-hydrogen) atoms. The Morgan fingerprint density at radius 3 is 2.14 bits per heavy atom. The molecule has 1 aromatic rings. The van der Waals surface area contributed by atoms with Crippen LogP contribution in [0.5, 0.6) is 0 Å². The van der Waals surface area contributed by atoms with E-state index in [0.717, 1.165) is 13.0 Å². The van der Waals surface area contributed by atoms with Gasteiger partial charge in [-0.3, -0.25) is 0 Å². The minimum atomic E-state index is -3.57. The van der Waals surface area contributed by atoms with Crippen LogP contribution in [-0.2, 0) is 10.0 Å². The molecule has 1 aromatic carbocycles. The van der Waals surface area contributed by atoms with Crippen molar-refractivity contribution in [2.24, 2.45) is 0 Å². The molecule has 0 radical (unpaired) electrons. The second-order valence-corrected chi connectivity index (χ2v) is 6.92. The predicted molar refractivity (Wildman–Crippen MR) is 81.0 cm³/mol. The van der Waals surface area contributed by atoms with Crippen LogP contribution in [0.25, 0.3) is 0 Å². The van der Waals surface area contributed by atoms with Gasteiger partial charge in [-0.05, 0) is 51.3 Å². The molecule has 6 nitrogen and oxygen atoms in total. The van der Waals surface area contributed by atoms with Crippen molar-refractivity contribution in [3.63, 3.8) is 0 Å². The van der Waals surface area contributed by atoms with E-state index >= 15 is 0 Å². The standard InChI is InChI=1S/C14H22N2O4S/c1-4-16(11-5-10-15(2)3)21(19,20)13-8-6-12(7-9-13)14(17)18/h6-9H,4-5,10-11H2,1-3H3,(H,17,18). The Labute approximate surface area is 126 Å². The second-order valence-electron chi connectivity index (χ2n) is 4.98. The number of nitrogens with zero attached hydrogens (tertiary/aromatic N) is 2. The number of carbonyl (C=O) groups is 1. The highest BCUT2D eigenvalue weighted by atomic mass is 32.2. The third-order valence-electron chi connectivity index (χ3n) is 3.10. The largest absolute Gasteiger partial charge is 0.478 e. The minimum Gasteiger partial charge on any atom is -0.478 e. The molecule has 0 fully saturated rings. The van der Waals surface area contributed by atoms with Crippen molar-refractivity contribution in [1.29, 1.82) is 0 Å². The van der Waals surface area contributed by atoms with Gasteiger partial charge in [-0.25, -0.2) is 13.2 Å². The van der Waals surface area contributed by atoms with Crippen molar-refractivity contribution in [2.45, 2.75) is 18.2 Å². The van der Waals surface area contributed by atoms with E-state index in [4.69, 9.17) is 5.11 Å². The van der Waals surface area contributed by atoms with Crippen molar-refractivity contribution in [3.8, 4) is 0 Å². The van der Waals surface area contributed by atoms with Gasteiger partial charge in [0, 0.05) is 13.1 Å². The van der Waals surface area contributed by atoms with Gasteiger partial charge in [0.1, 0.15) is 0 Å². The van der Waals surface area contributed by atoms with Gasteiger partial charge in [0.2, 0.25) is 10.0 Å². The summed E-state index contributed by atoms with van der Waals surface area (Å²) in [6, 6.07) is 5.30. The lowest BCUT2D eigenvalue weighted by Crippen LogP contribution is -2.33. The number of rotatable bonds is 8. The lowest BCUT2D eigenvalue weighted by atomic mass is 10.2. The Morgan fingerprint density at radius 1 is 1.14 bits per heavy atom. The van der Waals surface area contributed by atoms with E-state index < -0.39 is 16.0 Å². The molecule has 0 saturated heterocycles.